The van der Waals surface area contributed by atoms with Crippen molar-refractivity contribution in [2.24, 2.45) is 0 Å². The number of thioether (sulfide) groups is 1. The average Bonchev–Trinajstić information content (AvgIpc) is 3.37. The molecule has 0 aliphatic carbocycles. The molecule has 4 rings (SSSR count). The maximum Gasteiger partial charge on any atom is 0.212 e. The molecule has 0 aliphatic heterocycles. The number of carbonyl (C=O) groups excluding carboxylic acids is 1. The SMILES string of the molecule is CO.Cc1ccc(-c2nc(-n3nc(C)c(-c4cccc(F)c4)c3C=O)sc2SC(C)C)cc1F. The number of aryl methyl sites for hydroxylation is 2. The molecule has 0 spiro atoms. The molecule has 0 saturated heterocycles. The summed E-state index contributed by atoms with van der Waals surface area (Å²) in [4.78, 5) is 16.8. The van der Waals surface area contributed by atoms with Gasteiger partial charge in [-0.2, -0.15) is 5.10 Å². The number of rotatable bonds is 6. The van der Waals surface area contributed by atoms with Gasteiger partial charge in [-0.15, -0.1) is 11.8 Å². The Morgan fingerprint density at radius 2 is 1.82 bits per heavy atom. The first-order valence-electron chi connectivity index (χ1n) is 10.5. The Morgan fingerprint density at radius 1 is 1.09 bits per heavy atom. The van der Waals surface area contributed by atoms with Gasteiger partial charge in [0.1, 0.15) is 17.3 Å². The van der Waals surface area contributed by atoms with Crippen molar-refractivity contribution in [2.75, 3.05) is 7.11 Å². The van der Waals surface area contributed by atoms with Gasteiger partial charge in [-0.25, -0.2) is 18.4 Å². The smallest absolute Gasteiger partial charge is 0.212 e. The van der Waals surface area contributed by atoms with Crippen LogP contribution in [0.2, 0.25) is 0 Å². The highest BCUT2D eigenvalue weighted by molar-refractivity contribution is 8.01. The van der Waals surface area contributed by atoms with Crippen LogP contribution in [-0.2, 0) is 0 Å². The molecule has 1 N–H and O–H groups in total. The fourth-order valence-corrected chi connectivity index (χ4v) is 5.89. The van der Waals surface area contributed by atoms with E-state index in [4.69, 9.17) is 10.1 Å². The molecule has 2 aromatic carbocycles. The van der Waals surface area contributed by atoms with Gasteiger partial charge in [0.2, 0.25) is 5.13 Å². The normalized spacial score (nSPS) is 10.9. The minimum absolute atomic E-state index is 0.282. The van der Waals surface area contributed by atoms with E-state index in [0.717, 1.165) is 11.3 Å². The zero-order chi connectivity index (χ0) is 25.0. The molecule has 0 aliphatic rings. The number of thiazole rings is 1. The quantitative estimate of drug-likeness (QED) is 0.242. The maximum atomic E-state index is 14.3. The molecule has 4 aromatic rings. The highest BCUT2D eigenvalue weighted by Gasteiger charge is 2.23. The molecule has 0 bridgehead atoms. The lowest BCUT2D eigenvalue weighted by atomic mass is 10.0. The van der Waals surface area contributed by atoms with Gasteiger partial charge < -0.3 is 5.11 Å². The van der Waals surface area contributed by atoms with E-state index in [1.165, 1.54) is 34.2 Å². The number of hydrogen-bond donors (Lipinski definition) is 1. The molecule has 0 fully saturated rings. The van der Waals surface area contributed by atoms with Gasteiger partial charge in [0.25, 0.3) is 0 Å². The summed E-state index contributed by atoms with van der Waals surface area (Å²) in [6.07, 6.45) is 0.710. The van der Waals surface area contributed by atoms with Crippen molar-refractivity contribution >= 4 is 29.4 Å². The highest BCUT2D eigenvalue weighted by atomic mass is 32.2. The first-order valence-corrected chi connectivity index (χ1v) is 12.2. The summed E-state index contributed by atoms with van der Waals surface area (Å²) >= 11 is 3.02. The zero-order valence-electron chi connectivity index (χ0n) is 19.5. The lowest BCUT2D eigenvalue weighted by Crippen LogP contribution is -2.01. The third kappa shape index (κ3) is 5.27. The molecule has 0 unspecified atom stereocenters. The monoisotopic (exact) mass is 501 g/mol. The molecule has 2 heterocycles. The van der Waals surface area contributed by atoms with Crippen LogP contribution in [0.1, 0.15) is 35.6 Å². The maximum absolute atomic E-state index is 14.3. The predicted molar refractivity (Wildman–Crippen MR) is 134 cm³/mol. The van der Waals surface area contributed by atoms with Crippen molar-refractivity contribution in [3.63, 3.8) is 0 Å². The molecular weight excluding hydrogens is 476 g/mol. The molecule has 0 atom stereocenters. The first-order chi connectivity index (χ1) is 16.3. The lowest BCUT2D eigenvalue weighted by Gasteiger charge is -2.05. The number of aliphatic hydroxyl groups is 1. The van der Waals surface area contributed by atoms with Crippen LogP contribution in [0.5, 0.6) is 0 Å². The fraction of sp³-hybridized carbons (Fsp3) is 0.240. The van der Waals surface area contributed by atoms with Crippen LogP contribution < -0.4 is 0 Å². The van der Waals surface area contributed by atoms with Crippen LogP contribution in [0.25, 0.3) is 27.5 Å². The van der Waals surface area contributed by atoms with Crippen LogP contribution >= 0.6 is 23.1 Å². The first kappa shape index (κ1) is 25.7. The van der Waals surface area contributed by atoms with E-state index in [1.807, 2.05) is 6.07 Å². The molecule has 178 valence electrons. The van der Waals surface area contributed by atoms with E-state index in [1.54, 1.807) is 43.8 Å². The van der Waals surface area contributed by atoms with E-state index < -0.39 is 0 Å². The Kier molecular flexibility index (Phi) is 8.35. The number of aldehydes is 1. The van der Waals surface area contributed by atoms with E-state index in [2.05, 4.69) is 18.9 Å². The van der Waals surface area contributed by atoms with Crippen LogP contribution in [0.3, 0.4) is 0 Å². The van der Waals surface area contributed by atoms with Crippen LogP contribution in [0, 0.1) is 25.5 Å². The fourth-order valence-electron chi connectivity index (χ4n) is 3.40. The highest BCUT2D eigenvalue weighted by Crippen LogP contribution is 2.41. The van der Waals surface area contributed by atoms with E-state index in [-0.39, 0.29) is 16.9 Å². The Balaban J connectivity index is 0.00000158. The summed E-state index contributed by atoms with van der Waals surface area (Å²) in [5.74, 6) is -0.686. The number of aliphatic hydroxyl groups excluding tert-OH is 1. The van der Waals surface area contributed by atoms with Gasteiger partial charge in [-0.3, -0.25) is 4.79 Å². The Labute approximate surface area is 205 Å². The number of halogens is 2. The van der Waals surface area contributed by atoms with Crippen molar-refractivity contribution in [3.05, 3.63) is 71.1 Å². The van der Waals surface area contributed by atoms with E-state index in [0.29, 0.717) is 50.8 Å². The van der Waals surface area contributed by atoms with Crippen LogP contribution in [0.4, 0.5) is 8.78 Å². The third-order valence-electron chi connectivity index (χ3n) is 4.88. The van der Waals surface area contributed by atoms with E-state index in [9.17, 15) is 13.6 Å². The van der Waals surface area contributed by atoms with Crippen molar-refractivity contribution in [1.82, 2.24) is 14.8 Å². The van der Waals surface area contributed by atoms with Crippen molar-refractivity contribution in [3.8, 4) is 27.5 Å². The summed E-state index contributed by atoms with van der Waals surface area (Å²) < 4.78 is 30.5. The number of benzene rings is 2. The summed E-state index contributed by atoms with van der Waals surface area (Å²) in [5.41, 5.74) is 3.91. The van der Waals surface area contributed by atoms with E-state index >= 15 is 0 Å². The van der Waals surface area contributed by atoms with Crippen LogP contribution in [-0.4, -0.2) is 38.5 Å². The Morgan fingerprint density at radius 3 is 2.44 bits per heavy atom. The zero-order valence-corrected chi connectivity index (χ0v) is 21.1. The minimum atomic E-state index is -0.389. The second-order valence-electron chi connectivity index (χ2n) is 7.65. The van der Waals surface area contributed by atoms with Crippen molar-refractivity contribution < 1.29 is 18.7 Å². The summed E-state index contributed by atoms with van der Waals surface area (Å²) in [6, 6.07) is 11.1. The molecule has 2 aromatic heterocycles. The largest absolute Gasteiger partial charge is 0.400 e. The van der Waals surface area contributed by atoms with Crippen molar-refractivity contribution in [1.29, 1.82) is 0 Å². The molecule has 5 nitrogen and oxygen atoms in total. The number of aromatic nitrogens is 3. The molecule has 9 heteroatoms. The van der Waals surface area contributed by atoms with Gasteiger partial charge in [0.15, 0.2) is 6.29 Å². The van der Waals surface area contributed by atoms with Gasteiger partial charge in [0.05, 0.1) is 15.6 Å². The summed E-state index contributed by atoms with van der Waals surface area (Å²) in [5, 5.41) is 12.3. The van der Waals surface area contributed by atoms with Gasteiger partial charge in [0, 0.05) is 23.5 Å². The Hall–Kier alpha value is -2.88. The average molecular weight is 502 g/mol. The Bertz CT molecular complexity index is 1320. The van der Waals surface area contributed by atoms with Gasteiger partial charge >= 0.3 is 0 Å². The number of nitrogens with zero attached hydrogens (tertiary/aromatic N) is 3. The molecule has 0 amide bonds. The second kappa shape index (κ2) is 11.0. The lowest BCUT2D eigenvalue weighted by molar-refractivity contribution is 0.111. The topological polar surface area (TPSA) is 68.0 Å². The molecule has 0 radical (unpaired) electrons. The van der Waals surface area contributed by atoms with Gasteiger partial charge in [-0.1, -0.05) is 49.4 Å². The third-order valence-corrected chi connectivity index (χ3v) is 7.12. The van der Waals surface area contributed by atoms with Crippen LogP contribution in [0.15, 0.2) is 46.7 Å². The molecule has 0 saturated carbocycles. The summed E-state index contributed by atoms with van der Waals surface area (Å²) in [6.45, 7) is 7.63. The number of carbonyl (C=O) groups is 1. The predicted octanol–water partition coefficient (Wildman–Crippen LogP) is 6.48. The summed E-state index contributed by atoms with van der Waals surface area (Å²) in [7, 11) is 1.00. The minimum Gasteiger partial charge on any atom is -0.400 e. The second-order valence-corrected chi connectivity index (χ2v) is 10.5. The number of hydrogen-bond acceptors (Lipinski definition) is 6. The standard InChI is InChI=1S/C24H21F2N3OS2.CH4O/c1-13(2)31-23-22(17-9-8-14(3)19(26)11-17)27-24(32-23)29-20(12-30)21(15(4)28-29)16-6-5-7-18(25)10-16;1-2/h5-13H,1-4H3;2H,1H3. The van der Waals surface area contributed by atoms with Gasteiger partial charge in [-0.05, 0) is 43.2 Å². The molecular formula is C25H25F2N3O2S2. The molecule has 34 heavy (non-hydrogen) atoms. The van der Waals surface area contributed by atoms with Crippen molar-refractivity contribution in [2.45, 2.75) is 37.2 Å².